The number of rotatable bonds is 3. The van der Waals surface area contributed by atoms with Gasteiger partial charge in [-0.2, -0.15) is 0 Å². The molecule has 1 aromatic carbocycles. The molecule has 0 bridgehead atoms. The zero-order valence-corrected chi connectivity index (χ0v) is 11.6. The standard InChI is InChI=1S/C15H20N2O3/c1-10-6-7-12(11(9-10)15(19)20)17-14(18)13-5-3-2-4-8-16-13/h6-7,9,13,16H,2-5,8H2,1H3,(H,17,18)(H,19,20). The van der Waals surface area contributed by atoms with Crippen LogP contribution in [0.5, 0.6) is 0 Å². The highest BCUT2D eigenvalue weighted by molar-refractivity contribution is 6.02. The molecule has 3 N–H and O–H groups in total. The average molecular weight is 276 g/mol. The molecule has 2 rings (SSSR count). The number of carboxylic acid groups (broad SMARTS) is 1. The Morgan fingerprint density at radius 3 is 2.85 bits per heavy atom. The van der Waals surface area contributed by atoms with E-state index in [2.05, 4.69) is 10.6 Å². The van der Waals surface area contributed by atoms with E-state index in [9.17, 15) is 14.7 Å². The van der Waals surface area contributed by atoms with Crippen LogP contribution in [0.15, 0.2) is 18.2 Å². The average Bonchev–Trinajstić information content (AvgIpc) is 2.69. The van der Waals surface area contributed by atoms with E-state index in [4.69, 9.17) is 0 Å². The quantitative estimate of drug-likeness (QED) is 0.790. The number of hydrogen-bond acceptors (Lipinski definition) is 3. The Labute approximate surface area is 118 Å². The van der Waals surface area contributed by atoms with Crippen LogP contribution in [0, 0.1) is 6.92 Å². The van der Waals surface area contributed by atoms with Gasteiger partial charge in [-0.15, -0.1) is 0 Å². The molecule has 1 aromatic rings. The Morgan fingerprint density at radius 2 is 2.10 bits per heavy atom. The number of anilines is 1. The van der Waals surface area contributed by atoms with Crippen molar-refractivity contribution in [1.82, 2.24) is 5.32 Å². The van der Waals surface area contributed by atoms with Crippen molar-refractivity contribution >= 4 is 17.6 Å². The Hall–Kier alpha value is -1.88. The molecule has 1 fully saturated rings. The minimum Gasteiger partial charge on any atom is -0.478 e. The van der Waals surface area contributed by atoms with Crippen LogP contribution in [0.2, 0.25) is 0 Å². The fourth-order valence-electron chi connectivity index (χ4n) is 2.42. The lowest BCUT2D eigenvalue weighted by Gasteiger charge is -2.16. The van der Waals surface area contributed by atoms with Gasteiger partial charge in [0.2, 0.25) is 5.91 Å². The van der Waals surface area contributed by atoms with E-state index in [1.807, 2.05) is 6.92 Å². The lowest BCUT2D eigenvalue weighted by Crippen LogP contribution is -2.40. The number of hydrogen-bond donors (Lipinski definition) is 3. The van der Waals surface area contributed by atoms with Crippen LogP contribution in [-0.4, -0.2) is 29.6 Å². The monoisotopic (exact) mass is 276 g/mol. The van der Waals surface area contributed by atoms with E-state index in [0.29, 0.717) is 5.69 Å². The highest BCUT2D eigenvalue weighted by atomic mass is 16.4. The fraction of sp³-hybridized carbons (Fsp3) is 0.467. The molecule has 0 aromatic heterocycles. The van der Waals surface area contributed by atoms with Crippen molar-refractivity contribution in [3.05, 3.63) is 29.3 Å². The zero-order valence-electron chi connectivity index (χ0n) is 11.6. The first kappa shape index (κ1) is 14.5. The maximum absolute atomic E-state index is 12.2. The topological polar surface area (TPSA) is 78.4 Å². The van der Waals surface area contributed by atoms with Crippen molar-refractivity contribution in [2.75, 3.05) is 11.9 Å². The van der Waals surface area contributed by atoms with Gasteiger partial charge >= 0.3 is 5.97 Å². The van der Waals surface area contributed by atoms with Crippen LogP contribution < -0.4 is 10.6 Å². The van der Waals surface area contributed by atoms with Gasteiger partial charge in [-0.25, -0.2) is 4.79 Å². The van der Waals surface area contributed by atoms with Crippen LogP contribution >= 0.6 is 0 Å². The van der Waals surface area contributed by atoms with Crippen molar-refractivity contribution in [3.8, 4) is 0 Å². The zero-order chi connectivity index (χ0) is 14.5. The van der Waals surface area contributed by atoms with Gasteiger partial charge in [0.25, 0.3) is 0 Å². The molecule has 108 valence electrons. The van der Waals surface area contributed by atoms with E-state index >= 15 is 0 Å². The third kappa shape index (κ3) is 3.57. The molecule has 5 heteroatoms. The Bertz CT molecular complexity index is 506. The summed E-state index contributed by atoms with van der Waals surface area (Å²) in [6.45, 7) is 2.66. The highest BCUT2D eigenvalue weighted by Crippen LogP contribution is 2.18. The summed E-state index contributed by atoms with van der Waals surface area (Å²) in [4.78, 5) is 23.4. The summed E-state index contributed by atoms with van der Waals surface area (Å²) in [5.74, 6) is -1.18. The molecule has 1 saturated heterocycles. The molecule has 0 radical (unpaired) electrons. The van der Waals surface area contributed by atoms with Crippen molar-refractivity contribution in [1.29, 1.82) is 0 Å². The minimum absolute atomic E-state index is 0.131. The third-order valence-electron chi connectivity index (χ3n) is 3.54. The molecule has 1 aliphatic heterocycles. The first-order valence-electron chi connectivity index (χ1n) is 6.96. The maximum atomic E-state index is 12.2. The highest BCUT2D eigenvalue weighted by Gasteiger charge is 2.21. The third-order valence-corrected chi connectivity index (χ3v) is 3.54. The Morgan fingerprint density at radius 1 is 1.30 bits per heavy atom. The molecular formula is C15H20N2O3. The number of nitrogens with one attached hydrogen (secondary N) is 2. The normalized spacial score (nSPS) is 19.1. The number of aryl methyl sites for hydroxylation is 1. The molecule has 0 aliphatic carbocycles. The minimum atomic E-state index is -1.03. The SMILES string of the molecule is Cc1ccc(NC(=O)C2CCCCCN2)c(C(=O)O)c1. The van der Waals surface area contributed by atoms with Gasteiger partial charge in [-0.05, 0) is 38.4 Å². The molecule has 1 unspecified atom stereocenters. The number of carbonyl (C=O) groups is 2. The van der Waals surface area contributed by atoms with Crippen LogP contribution in [0.25, 0.3) is 0 Å². The molecule has 0 spiro atoms. The van der Waals surface area contributed by atoms with E-state index < -0.39 is 5.97 Å². The van der Waals surface area contributed by atoms with Gasteiger partial charge < -0.3 is 15.7 Å². The Balaban J connectivity index is 2.12. The predicted octanol–water partition coefficient (Wildman–Crippen LogP) is 2.16. The van der Waals surface area contributed by atoms with Crippen LogP contribution in [0.1, 0.15) is 41.6 Å². The molecule has 1 atom stereocenters. The van der Waals surface area contributed by atoms with E-state index in [-0.39, 0.29) is 17.5 Å². The van der Waals surface area contributed by atoms with E-state index in [1.54, 1.807) is 18.2 Å². The molecule has 1 aliphatic rings. The number of aromatic carboxylic acids is 1. The summed E-state index contributed by atoms with van der Waals surface area (Å²) in [7, 11) is 0. The molecule has 5 nitrogen and oxygen atoms in total. The van der Waals surface area contributed by atoms with Crippen molar-refractivity contribution in [2.45, 2.75) is 38.6 Å². The molecular weight excluding hydrogens is 256 g/mol. The summed E-state index contributed by atoms with van der Waals surface area (Å²) in [5.41, 5.74) is 1.35. The fourth-order valence-corrected chi connectivity index (χ4v) is 2.42. The summed E-state index contributed by atoms with van der Waals surface area (Å²) < 4.78 is 0. The maximum Gasteiger partial charge on any atom is 0.337 e. The second-order valence-electron chi connectivity index (χ2n) is 5.20. The van der Waals surface area contributed by atoms with Crippen molar-refractivity contribution in [3.63, 3.8) is 0 Å². The second kappa shape index (κ2) is 6.52. The number of amides is 1. The predicted molar refractivity (Wildman–Crippen MR) is 77.0 cm³/mol. The van der Waals surface area contributed by atoms with Crippen LogP contribution in [0.4, 0.5) is 5.69 Å². The van der Waals surface area contributed by atoms with Gasteiger partial charge in [0.15, 0.2) is 0 Å². The van der Waals surface area contributed by atoms with Gasteiger partial charge in [-0.1, -0.05) is 24.5 Å². The van der Waals surface area contributed by atoms with Crippen molar-refractivity contribution in [2.24, 2.45) is 0 Å². The van der Waals surface area contributed by atoms with Gasteiger partial charge in [0.05, 0.1) is 17.3 Å². The van der Waals surface area contributed by atoms with Crippen LogP contribution in [0.3, 0.4) is 0 Å². The smallest absolute Gasteiger partial charge is 0.337 e. The lowest BCUT2D eigenvalue weighted by atomic mass is 10.1. The lowest BCUT2D eigenvalue weighted by molar-refractivity contribution is -0.118. The van der Waals surface area contributed by atoms with Crippen LogP contribution in [-0.2, 0) is 4.79 Å². The largest absolute Gasteiger partial charge is 0.478 e. The Kier molecular flexibility index (Phi) is 4.74. The number of carbonyl (C=O) groups excluding carboxylic acids is 1. The van der Waals surface area contributed by atoms with Gasteiger partial charge in [0.1, 0.15) is 0 Å². The van der Waals surface area contributed by atoms with Gasteiger partial charge in [0, 0.05) is 0 Å². The van der Waals surface area contributed by atoms with E-state index in [0.717, 1.165) is 37.8 Å². The number of benzene rings is 1. The molecule has 1 heterocycles. The molecule has 0 saturated carbocycles. The summed E-state index contributed by atoms with van der Waals surface area (Å²) in [5, 5.41) is 15.1. The first-order valence-corrected chi connectivity index (χ1v) is 6.96. The molecule has 20 heavy (non-hydrogen) atoms. The number of carboxylic acids is 1. The summed E-state index contributed by atoms with van der Waals surface area (Å²) in [6.07, 6.45) is 4.02. The summed E-state index contributed by atoms with van der Waals surface area (Å²) in [6, 6.07) is 4.77. The van der Waals surface area contributed by atoms with Crippen molar-refractivity contribution < 1.29 is 14.7 Å². The van der Waals surface area contributed by atoms with E-state index in [1.165, 1.54) is 0 Å². The second-order valence-corrected chi connectivity index (χ2v) is 5.20. The van der Waals surface area contributed by atoms with Gasteiger partial charge in [-0.3, -0.25) is 4.79 Å². The first-order chi connectivity index (χ1) is 9.58. The summed E-state index contributed by atoms with van der Waals surface area (Å²) >= 11 is 0. The molecule has 1 amide bonds.